The average Bonchev–Trinajstić information content (AvgIpc) is 3.09. The summed E-state index contributed by atoms with van der Waals surface area (Å²) < 4.78 is 0. The fourth-order valence-corrected chi connectivity index (χ4v) is 3.77. The van der Waals surface area contributed by atoms with Gasteiger partial charge < -0.3 is 0 Å². The maximum atomic E-state index is 12.4. The Morgan fingerprint density at radius 1 is 1.29 bits per heavy atom. The summed E-state index contributed by atoms with van der Waals surface area (Å²) in [5.41, 5.74) is -0.981. The Kier molecular flexibility index (Phi) is 6.69. The normalized spacial score (nSPS) is 15.9. The minimum atomic E-state index is -0.553. The number of carbonyl (C=O) groups is 1. The number of carbonyl (C=O) groups excluding carboxylic acids is 1. The summed E-state index contributed by atoms with van der Waals surface area (Å²) in [5.74, 6) is 0. The standard InChI is InChI=1S/C16H27N5O2S/c1-8-15(4,11-17)16(5,9-2)12-18-19-13(24-12)21(10-3)14(22)20(6)23-7/h8-10H2,1-7H3. The van der Waals surface area contributed by atoms with E-state index < -0.39 is 10.8 Å². The molecule has 8 heteroatoms. The van der Waals surface area contributed by atoms with Gasteiger partial charge in [0.05, 0.1) is 18.6 Å². The molecule has 0 aliphatic carbocycles. The van der Waals surface area contributed by atoms with Gasteiger partial charge in [-0.3, -0.25) is 9.74 Å². The van der Waals surface area contributed by atoms with Gasteiger partial charge in [0, 0.05) is 19.0 Å². The second kappa shape index (κ2) is 7.90. The van der Waals surface area contributed by atoms with E-state index in [1.807, 2.05) is 34.6 Å². The van der Waals surface area contributed by atoms with Gasteiger partial charge in [0.15, 0.2) is 0 Å². The summed E-state index contributed by atoms with van der Waals surface area (Å²) in [7, 11) is 2.98. The molecule has 24 heavy (non-hydrogen) atoms. The lowest BCUT2D eigenvalue weighted by molar-refractivity contribution is -0.0621. The molecule has 0 radical (unpaired) electrons. The number of hydrogen-bond donors (Lipinski definition) is 0. The molecule has 1 aromatic rings. The lowest BCUT2D eigenvalue weighted by Gasteiger charge is -2.38. The van der Waals surface area contributed by atoms with Gasteiger partial charge in [-0.05, 0) is 26.7 Å². The number of aromatic nitrogens is 2. The second-order valence-corrected chi connectivity index (χ2v) is 7.04. The molecule has 134 valence electrons. The van der Waals surface area contributed by atoms with Crippen LogP contribution in [0.4, 0.5) is 9.93 Å². The Morgan fingerprint density at radius 2 is 1.92 bits per heavy atom. The summed E-state index contributed by atoms with van der Waals surface area (Å²) in [6.07, 6.45) is 1.48. The Labute approximate surface area is 148 Å². The Bertz CT molecular complexity index is 614. The third kappa shape index (κ3) is 3.37. The van der Waals surface area contributed by atoms with E-state index in [0.29, 0.717) is 18.1 Å². The van der Waals surface area contributed by atoms with Gasteiger partial charge in [-0.1, -0.05) is 32.1 Å². The lowest BCUT2D eigenvalue weighted by Crippen LogP contribution is -2.40. The average molecular weight is 353 g/mol. The van der Waals surface area contributed by atoms with Gasteiger partial charge in [0.2, 0.25) is 5.13 Å². The number of nitriles is 1. The van der Waals surface area contributed by atoms with Crippen LogP contribution in [0.5, 0.6) is 0 Å². The number of rotatable bonds is 7. The van der Waals surface area contributed by atoms with Gasteiger partial charge in [0.25, 0.3) is 0 Å². The van der Waals surface area contributed by atoms with E-state index >= 15 is 0 Å². The molecule has 1 rings (SSSR count). The van der Waals surface area contributed by atoms with Crippen molar-refractivity contribution in [2.45, 2.75) is 52.9 Å². The SMILES string of the molecule is CCN(C(=O)N(C)OC)c1nnc(C(C)(CC)C(C)(C#N)CC)s1. The zero-order valence-electron chi connectivity index (χ0n) is 15.6. The fraction of sp³-hybridized carbons (Fsp3) is 0.750. The molecule has 0 saturated carbocycles. The van der Waals surface area contributed by atoms with Gasteiger partial charge in [-0.25, -0.2) is 9.86 Å². The summed E-state index contributed by atoms with van der Waals surface area (Å²) >= 11 is 1.36. The molecule has 2 unspecified atom stereocenters. The number of amides is 2. The fourth-order valence-electron chi connectivity index (χ4n) is 2.52. The van der Waals surface area contributed by atoms with Crippen LogP contribution in [0.2, 0.25) is 0 Å². The quantitative estimate of drug-likeness (QED) is 0.700. The molecular formula is C16H27N5O2S. The van der Waals surface area contributed by atoms with E-state index in [4.69, 9.17) is 4.84 Å². The van der Waals surface area contributed by atoms with Crippen LogP contribution in [-0.2, 0) is 10.3 Å². The minimum Gasteiger partial charge on any atom is -0.273 e. The van der Waals surface area contributed by atoms with Crippen molar-refractivity contribution in [3.8, 4) is 6.07 Å². The van der Waals surface area contributed by atoms with E-state index in [9.17, 15) is 10.1 Å². The highest BCUT2D eigenvalue weighted by Gasteiger charge is 2.46. The first-order valence-electron chi connectivity index (χ1n) is 8.09. The van der Waals surface area contributed by atoms with Gasteiger partial charge in [-0.15, -0.1) is 10.2 Å². The van der Waals surface area contributed by atoms with E-state index in [1.165, 1.54) is 23.3 Å². The topological polar surface area (TPSA) is 82.3 Å². The van der Waals surface area contributed by atoms with Crippen LogP contribution in [0.3, 0.4) is 0 Å². The molecule has 0 aliphatic rings. The molecular weight excluding hydrogens is 326 g/mol. The van der Waals surface area contributed by atoms with E-state index in [0.717, 1.165) is 16.5 Å². The van der Waals surface area contributed by atoms with Crippen molar-refractivity contribution in [3.05, 3.63) is 5.01 Å². The second-order valence-electron chi connectivity index (χ2n) is 6.08. The first kappa shape index (κ1) is 20.3. The van der Waals surface area contributed by atoms with E-state index in [-0.39, 0.29) is 6.03 Å². The third-order valence-electron chi connectivity index (χ3n) is 5.09. The monoisotopic (exact) mass is 353 g/mol. The van der Waals surface area contributed by atoms with Crippen molar-refractivity contribution in [1.29, 1.82) is 5.26 Å². The maximum Gasteiger partial charge on any atom is 0.349 e. The largest absolute Gasteiger partial charge is 0.349 e. The highest BCUT2D eigenvalue weighted by atomic mass is 32.1. The zero-order valence-corrected chi connectivity index (χ0v) is 16.4. The van der Waals surface area contributed by atoms with E-state index in [2.05, 4.69) is 16.3 Å². The number of anilines is 1. The van der Waals surface area contributed by atoms with Crippen molar-refractivity contribution in [2.24, 2.45) is 5.41 Å². The highest BCUT2D eigenvalue weighted by molar-refractivity contribution is 7.15. The van der Waals surface area contributed by atoms with Crippen LogP contribution in [0.25, 0.3) is 0 Å². The smallest absolute Gasteiger partial charge is 0.273 e. The molecule has 7 nitrogen and oxygen atoms in total. The number of hydroxylamine groups is 2. The third-order valence-corrected chi connectivity index (χ3v) is 6.30. The van der Waals surface area contributed by atoms with Crippen LogP contribution in [-0.4, -0.2) is 42.0 Å². The number of hydrogen-bond acceptors (Lipinski definition) is 6. The molecule has 1 aromatic heterocycles. The molecule has 2 amide bonds. The maximum absolute atomic E-state index is 12.4. The molecule has 0 aromatic carbocycles. The molecule has 0 saturated heterocycles. The number of urea groups is 1. The predicted octanol–water partition coefficient (Wildman–Crippen LogP) is 3.59. The van der Waals surface area contributed by atoms with Crippen LogP contribution < -0.4 is 4.90 Å². The van der Waals surface area contributed by atoms with Gasteiger partial charge in [0.1, 0.15) is 5.01 Å². The Balaban J connectivity index is 3.27. The van der Waals surface area contributed by atoms with Crippen LogP contribution >= 0.6 is 11.3 Å². The molecule has 0 spiro atoms. The van der Waals surface area contributed by atoms with Crippen molar-refractivity contribution < 1.29 is 9.63 Å². The molecule has 1 heterocycles. The Morgan fingerprint density at radius 3 is 2.33 bits per heavy atom. The first-order chi connectivity index (χ1) is 11.2. The van der Waals surface area contributed by atoms with Gasteiger partial charge >= 0.3 is 6.03 Å². The highest BCUT2D eigenvalue weighted by Crippen LogP contribution is 2.48. The summed E-state index contributed by atoms with van der Waals surface area (Å²) in [6.45, 7) is 10.4. The predicted molar refractivity (Wildman–Crippen MR) is 94.8 cm³/mol. The summed E-state index contributed by atoms with van der Waals surface area (Å²) in [5, 5.41) is 20.6. The Hall–Kier alpha value is -1.72. The molecule has 2 atom stereocenters. The molecule has 0 aliphatic heterocycles. The van der Waals surface area contributed by atoms with Crippen molar-refractivity contribution in [3.63, 3.8) is 0 Å². The van der Waals surface area contributed by atoms with Crippen LogP contribution in [0.1, 0.15) is 52.5 Å². The zero-order chi connectivity index (χ0) is 18.5. The van der Waals surface area contributed by atoms with Gasteiger partial charge in [-0.2, -0.15) is 5.26 Å². The van der Waals surface area contributed by atoms with Crippen LogP contribution in [0.15, 0.2) is 0 Å². The molecule has 0 fully saturated rings. The summed E-state index contributed by atoms with van der Waals surface area (Å²) in [6, 6.07) is 2.14. The van der Waals surface area contributed by atoms with Crippen molar-refractivity contribution in [1.82, 2.24) is 15.3 Å². The summed E-state index contributed by atoms with van der Waals surface area (Å²) in [4.78, 5) is 18.8. The lowest BCUT2D eigenvalue weighted by atomic mass is 9.64. The van der Waals surface area contributed by atoms with Crippen molar-refractivity contribution >= 4 is 22.5 Å². The van der Waals surface area contributed by atoms with Crippen molar-refractivity contribution in [2.75, 3.05) is 25.6 Å². The molecule has 0 bridgehead atoms. The van der Waals surface area contributed by atoms with Crippen LogP contribution in [0, 0.1) is 16.7 Å². The number of nitrogens with zero attached hydrogens (tertiary/aromatic N) is 5. The van der Waals surface area contributed by atoms with E-state index in [1.54, 1.807) is 7.05 Å². The molecule has 0 N–H and O–H groups in total. The first-order valence-corrected chi connectivity index (χ1v) is 8.90. The minimum absolute atomic E-state index is 0.306.